The van der Waals surface area contributed by atoms with Crippen molar-refractivity contribution in [3.8, 4) is 0 Å². The fourth-order valence-corrected chi connectivity index (χ4v) is 6.29. The summed E-state index contributed by atoms with van der Waals surface area (Å²) in [4.78, 5) is 13.1. The quantitative estimate of drug-likeness (QED) is 0.382. The van der Waals surface area contributed by atoms with E-state index in [0.717, 1.165) is 51.2 Å². The minimum Gasteiger partial charge on any atom is -0.355 e. The van der Waals surface area contributed by atoms with Crippen molar-refractivity contribution in [1.82, 2.24) is 14.9 Å². The molecule has 0 spiro atoms. The lowest BCUT2D eigenvalue weighted by Gasteiger charge is -2.38. The summed E-state index contributed by atoms with van der Waals surface area (Å²) in [7, 11) is 0. The average Bonchev–Trinajstić information content (AvgIpc) is 3.36. The van der Waals surface area contributed by atoms with Crippen molar-refractivity contribution in [2.45, 2.75) is 38.2 Å². The molecule has 5 rings (SSSR count). The molecule has 0 amide bonds. The van der Waals surface area contributed by atoms with Crippen molar-refractivity contribution in [3.05, 3.63) is 46.9 Å². The van der Waals surface area contributed by atoms with Crippen molar-refractivity contribution >= 4 is 54.5 Å². The maximum absolute atomic E-state index is 13.0. The van der Waals surface area contributed by atoms with E-state index >= 15 is 0 Å². The Balaban J connectivity index is 1.44. The molecule has 0 radical (unpaired) electrons. The molecule has 1 aromatic carbocycles. The topological polar surface area (TPSA) is 41.1 Å². The van der Waals surface area contributed by atoms with Crippen molar-refractivity contribution < 1.29 is 8.78 Å². The van der Waals surface area contributed by atoms with Crippen LogP contribution in [0.3, 0.4) is 0 Å². The Hall–Kier alpha value is -2.16. The van der Waals surface area contributed by atoms with Gasteiger partial charge in [-0.2, -0.15) is 0 Å². The van der Waals surface area contributed by atoms with Gasteiger partial charge in [0, 0.05) is 34.1 Å². The number of thiazole rings is 1. The minimum absolute atomic E-state index is 0.101. The maximum Gasteiger partial charge on any atom is 0.251 e. The smallest absolute Gasteiger partial charge is 0.251 e. The summed E-state index contributed by atoms with van der Waals surface area (Å²) in [6.45, 7) is 2.68. The summed E-state index contributed by atoms with van der Waals surface area (Å²) in [5.74, 6) is 0.260. The van der Waals surface area contributed by atoms with Gasteiger partial charge in [-0.05, 0) is 56.6 Å². The molecule has 0 aliphatic carbocycles. The number of anilines is 2. The number of hydrogen-bond donors (Lipinski definition) is 1. The molecule has 2 atom stereocenters. The van der Waals surface area contributed by atoms with Gasteiger partial charge in [-0.15, -0.1) is 22.7 Å². The Labute approximate surface area is 181 Å². The predicted molar refractivity (Wildman–Crippen MR) is 122 cm³/mol. The number of piperidine rings is 1. The summed E-state index contributed by atoms with van der Waals surface area (Å²) in [6.07, 6.45) is 1.50. The number of likely N-dealkylation sites (tertiary alicyclic amines) is 1. The highest BCUT2D eigenvalue weighted by Crippen LogP contribution is 2.40. The summed E-state index contributed by atoms with van der Waals surface area (Å²) < 4.78 is 27.1. The van der Waals surface area contributed by atoms with Crippen molar-refractivity contribution in [2.75, 3.05) is 18.4 Å². The van der Waals surface area contributed by atoms with Crippen molar-refractivity contribution in [1.29, 1.82) is 0 Å². The Morgan fingerprint density at radius 2 is 2.13 bits per heavy atom. The van der Waals surface area contributed by atoms with Gasteiger partial charge in [-0.3, -0.25) is 4.90 Å². The highest BCUT2D eigenvalue weighted by molar-refractivity contribution is 7.18. The first-order valence-corrected chi connectivity index (χ1v) is 11.8. The number of aromatic nitrogens is 2. The van der Waals surface area contributed by atoms with E-state index in [1.807, 2.05) is 22.7 Å². The van der Waals surface area contributed by atoms with Crippen molar-refractivity contribution in [2.24, 2.45) is 0 Å². The number of alkyl halides is 2. The molecule has 30 heavy (non-hydrogen) atoms. The largest absolute Gasteiger partial charge is 0.355 e. The first-order valence-electron chi connectivity index (χ1n) is 10.1. The van der Waals surface area contributed by atoms with E-state index in [0.29, 0.717) is 0 Å². The van der Waals surface area contributed by atoms with E-state index in [9.17, 15) is 8.78 Å². The van der Waals surface area contributed by atoms with E-state index in [1.54, 1.807) is 22.7 Å². The van der Waals surface area contributed by atoms with Gasteiger partial charge < -0.3 is 5.32 Å². The molecular weight excluding hydrogens is 422 g/mol. The molecule has 4 nitrogen and oxygen atoms in total. The van der Waals surface area contributed by atoms with Crippen LogP contribution in [0.5, 0.6) is 0 Å². The average molecular weight is 445 g/mol. The minimum atomic E-state index is -2.29. The van der Waals surface area contributed by atoms with Gasteiger partial charge in [-0.1, -0.05) is 0 Å². The molecule has 156 valence electrons. The Morgan fingerprint density at radius 3 is 3.00 bits per heavy atom. The summed E-state index contributed by atoms with van der Waals surface area (Å²) in [5.41, 5.74) is 4.83. The van der Waals surface area contributed by atoms with E-state index in [-0.39, 0.29) is 18.5 Å². The van der Waals surface area contributed by atoms with Crippen molar-refractivity contribution in [3.63, 3.8) is 0 Å². The van der Waals surface area contributed by atoms with Crippen LogP contribution in [0.1, 0.15) is 30.6 Å². The number of rotatable bonds is 5. The lowest BCUT2D eigenvalue weighted by Crippen LogP contribution is -2.44. The highest BCUT2D eigenvalue weighted by atomic mass is 32.1. The van der Waals surface area contributed by atoms with Crippen LogP contribution in [0.4, 0.5) is 20.2 Å². The second-order valence-corrected chi connectivity index (χ2v) is 9.71. The molecule has 4 aromatic rings. The SMILES string of the molecule is C[C@H]1[C@@H](c2cc3c(Nc4ccc5scnc5c4)ccnc3s2)CCCN1CC(F)F. The molecule has 1 fully saturated rings. The van der Waals surface area contributed by atoms with Gasteiger partial charge in [0.25, 0.3) is 6.43 Å². The fourth-order valence-electron chi connectivity index (χ4n) is 4.37. The van der Waals surface area contributed by atoms with E-state index in [2.05, 4.69) is 46.5 Å². The van der Waals surface area contributed by atoms with Gasteiger partial charge >= 0.3 is 0 Å². The predicted octanol–water partition coefficient (Wildman–Crippen LogP) is 6.48. The second-order valence-electron chi connectivity index (χ2n) is 7.76. The summed E-state index contributed by atoms with van der Waals surface area (Å²) in [6, 6.07) is 10.5. The molecule has 3 aromatic heterocycles. The standard InChI is InChI=1S/C22H22F2N4S2/c1-13-15(3-2-8-28(13)11-21(23)24)20-10-16-17(6-7-25-22(16)30-20)27-14-4-5-19-18(9-14)26-12-29-19/h4-7,9-10,12-13,15,21H,2-3,8,11H2,1H3,(H,25,27)/t13-,15-/m0/s1. The van der Waals surface area contributed by atoms with Crippen LogP contribution in [0.2, 0.25) is 0 Å². The Kier molecular flexibility index (Phi) is 5.39. The first kappa shape index (κ1) is 19.8. The van der Waals surface area contributed by atoms with Gasteiger partial charge in [0.2, 0.25) is 0 Å². The highest BCUT2D eigenvalue weighted by Gasteiger charge is 2.31. The van der Waals surface area contributed by atoms with Crippen LogP contribution in [-0.2, 0) is 0 Å². The van der Waals surface area contributed by atoms with Crippen LogP contribution in [0, 0.1) is 0 Å². The number of nitrogens with one attached hydrogen (secondary N) is 1. The fraction of sp³-hybridized carbons (Fsp3) is 0.364. The number of nitrogens with zero attached hydrogens (tertiary/aromatic N) is 3. The molecule has 0 unspecified atom stereocenters. The molecule has 1 aliphatic heterocycles. The molecule has 1 N–H and O–H groups in total. The zero-order valence-electron chi connectivity index (χ0n) is 16.5. The molecule has 0 bridgehead atoms. The first-order chi connectivity index (χ1) is 14.6. The zero-order valence-corrected chi connectivity index (χ0v) is 18.1. The number of fused-ring (bicyclic) bond motifs is 2. The molecule has 1 saturated heterocycles. The van der Waals surface area contributed by atoms with Crippen LogP contribution < -0.4 is 5.32 Å². The molecule has 8 heteroatoms. The summed E-state index contributed by atoms with van der Waals surface area (Å²) >= 11 is 3.31. The third-order valence-corrected chi connectivity index (χ3v) is 7.91. The normalized spacial score (nSPS) is 20.4. The van der Waals surface area contributed by atoms with E-state index in [4.69, 9.17) is 0 Å². The van der Waals surface area contributed by atoms with E-state index in [1.165, 1.54) is 4.88 Å². The number of hydrogen-bond acceptors (Lipinski definition) is 6. The number of halogens is 2. The molecular formula is C22H22F2N4S2. The van der Waals surface area contributed by atoms with Crippen LogP contribution in [0.25, 0.3) is 20.4 Å². The number of thiophene rings is 1. The lowest BCUT2D eigenvalue weighted by atomic mass is 9.88. The van der Waals surface area contributed by atoms with Crippen LogP contribution >= 0.6 is 22.7 Å². The molecule has 0 saturated carbocycles. The lowest BCUT2D eigenvalue weighted by molar-refractivity contribution is 0.0470. The third kappa shape index (κ3) is 3.79. The van der Waals surface area contributed by atoms with Gasteiger partial charge in [-0.25, -0.2) is 18.7 Å². The summed E-state index contributed by atoms with van der Waals surface area (Å²) in [5, 5.41) is 4.59. The second kappa shape index (κ2) is 8.17. The Morgan fingerprint density at radius 1 is 1.23 bits per heavy atom. The Bertz CT molecular complexity index is 1170. The molecule has 4 heterocycles. The zero-order chi connectivity index (χ0) is 20.7. The maximum atomic E-state index is 13.0. The van der Waals surface area contributed by atoms with Gasteiger partial charge in [0.1, 0.15) is 4.83 Å². The van der Waals surface area contributed by atoms with Gasteiger partial charge in [0.15, 0.2) is 0 Å². The third-order valence-electron chi connectivity index (χ3n) is 5.92. The van der Waals surface area contributed by atoms with Crippen LogP contribution in [0.15, 0.2) is 42.0 Å². The number of pyridine rings is 1. The number of benzene rings is 1. The van der Waals surface area contributed by atoms with Gasteiger partial charge in [0.05, 0.1) is 28.0 Å². The monoisotopic (exact) mass is 444 g/mol. The van der Waals surface area contributed by atoms with Crippen LogP contribution in [-0.4, -0.2) is 40.4 Å². The van der Waals surface area contributed by atoms with E-state index < -0.39 is 6.43 Å². The molecule has 1 aliphatic rings.